The Morgan fingerprint density at radius 2 is 1.93 bits per heavy atom. The topological polar surface area (TPSA) is 86.6 Å². The quantitative estimate of drug-likeness (QED) is 0.302. The van der Waals surface area contributed by atoms with Gasteiger partial charge in [0.05, 0.1) is 10.9 Å². The summed E-state index contributed by atoms with van der Waals surface area (Å²) in [5.74, 6) is -3.05. The molecule has 12 heteroatoms. The van der Waals surface area contributed by atoms with E-state index in [0.29, 0.717) is 37.3 Å². The number of nitrogens with zero attached hydrogens (tertiary/aromatic N) is 5. The van der Waals surface area contributed by atoms with Gasteiger partial charge in [0.25, 0.3) is 0 Å². The second-order valence-electron chi connectivity index (χ2n) is 11.5. The summed E-state index contributed by atoms with van der Waals surface area (Å²) in [4.78, 5) is 15.5. The molecule has 8 nitrogen and oxygen atoms in total. The van der Waals surface area contributed by atoms with Gasteiger partial charge in [0.2, 0.25) is 0 Å². The third-order valence-electron chi connectivity index (χ3n) is 8.74. The van der Waals surface area contributed by atoms with E-state index in [1.165, 1.54) is 18.3 Å². The molecule has 0 saturated carbocycles. The number of rotatable bonds is 5. The van der Waals surface area contributed by atoms with Gasteiger partial charge in [-0.05, 0) is 55.8 Å². The number of aromatic nitrogens is 3. The predicted octanol–water partition coefficient (Wildman–Crippen LogP) is 5.42. The minimum Gasteiger partial charge on any atom is -0.508 e. The van der Waals surface area contributed by atoms with Crippen molar-refractivity contribution in [2.45, 2.75) is 50.2 Å². The van der Waals surface area contributed by atoms with Crippen LogP contribution in [-0.2, 0) is 0 Å². The van der Waals surface area contributed by atoms with Gasteiger partial charge in [-0.1, -0.05) is 12.5 Å². The number of fused-ring (bicyclic) bond motifs is 3. The molecule has 0 bridgehead atoms. The molecular formula is C30H30F4N6O2. The highest BCUT2D eigenvalue weighted by molar-refractivity contribution is 6.00. The Kier molecular flexibility index (Phi) is 6.77. The number of hydrazine groups is 1. The van der Waals surface area contributed by atoms with Crippen LogP contribution in [0.1, 0.15) is 38.5 Å². The average molecular weight is 583 g/mol. The molecule has 5 heterocycles. The van der Waals surface area contributed by atoms with Crippen LogP contribution in [0.4, 0.5) is 23.4 Å². The summed E-state index contributed by atoms with van der Waals surface area (Å²) in [5, 5.41) is 12.4. The first-order chi connectivity index (χ1) is 20.3. The molecule has 3 fully saturated rings. The lowest BCUT2D eigenvalue weighted by Gasteiger charge is -2.31. The minimum atomic E-state index is -1.17. The summed E-state index contributed by atoms with van der Waals surface area (Å²) in [5.41, 5.74) is 2.34. The van der Waals surface area contributed by atoms with Crippen LogP contribution in [0.2, 0.25) is 0 Å². The van der Waals surface area contributed by atoms with Crippen molar-refractivity contribution in [3.05, 3.63) is 47.9 Å². The van der Waals surface area contributed by atoms with E-state index in [0.717, 1.165) is 50.8 Å². The van der Waals surface area contributed by atoms with Crippen LogP contribution in [0.5, 0.6) is 11.8 Å². The van der Waals surface area contributed by atoms with Gasteiger partial charge in [-0.25, -0.2) is 23.0 Å². The zero-order valence-electron chi connectivity index (χ0n) is 22.8. The Labute approximate surface area is 239 Å². The number of nitrogens with one attached hydrogen (secondary N) is 1. The van der Waals surface area contributed by atoms with Gasteiger partial charge in [0.1, 0.15) is 29.7 Å². The molecule has 4 aromatic rings. The van der Waals surface area contributed by atoms with Crippen molar-refractivity contribution in [2.24, 2.45) is 0 Å². The molecule has 2 aromatic carbocycles. The van der Waals surface area contributed by atoms with E-state index in [2.05, 4.69) is 25.3 Å². The van der Waals surface area contributed by atoms with Gasteiger partial charge in [-0.3, -0.25) is 14.9 Å². The third kappa shape index (κ3) is 4.57. The molecule has 2 atom stereocenters. The number of phenolic OH excluding ortho intramolecular Hbond substituents is 1. The number of anilines is 1. The van der Waals surface area contributed by atoms with E-state index in [1.54, 1.807) is 0 Å². The van der Waals surface area contributed by atoms with Crippen LogP contribution >= 0.6 is 0 Å². The molecule has 2 aromatic heterocycles. The fourth-order valence-electron chi connectivity index (χ4n) is 6.74. The maximum absolute atomic E-state index is 16.5. The summed E-state index contributed by atoms with van der Waals surface area (Å²) in [6, 6.07) is 4.61. The first-order valence-electron chi connectivity index (χ1n) is 14.3. The Morgan fingerprint density at radius 3 is 2.81 bits per heavy atom. The van der Waals surface area contributed by atoms with Crippen LogP contribution in [0.25, 0.3) is 32.9 Å². The fraction of sp³-hybridized carbons (Fsp3) is 0.433. The molecule has 0 unspecified atom stereocenters. The lowest BCUT2D eigenvalue weighted by Crippen LogP contribution is -2.43. The zero-order chi connectivity index (χ0) is 29.0. The van der Waals surface area contributed by atoms with Crippen molar-refractivity contribution in [3.8, 4) is 23.0 Å². The number of aromatic hydroxyl groups is 1. The van der Waals surface area contributed by atoms with E-state index in [-0.39, 0.29) is 45.9 Å². The molecule has 3 aliphatic rings. The minimum absolute atomic E-state index is 0.0684. The number of halogens is 4. The summed E-state index contributed by atoms with van der Waals surface area (Å²) in [6.45, 7) is 2.63. The van der Waals surface area contributed by atoms with Crippen molar-refractivity contribution in [3.63, 3.8) is 0 Å². The SMILES string of the molecule is Oc1cc(-c2ncc3c(N4CCCCCN4)nc(OC[C@@]45CCCN4C[C@H](F)C5)nc3c2F)c2c(F)c(F)ccc2c1. The van der Waals surface area contributed by atoms with Gasteiger partial charge < -0.3 is 9.84 Å². The second-order valence-corrected chi connectivity index (χ2v) is 11.5. The van der Waals surface area contributed by atoms with Crippen LogP contribution in [0.15, 0.2) is 30.5 Å². The highest BCUT2D eigenvalue weighted by atomic mass is 19.2. The van der Waals surface area contributed by atoms with E-state index in [9.17, 15) is 13.9 Å². The molecular weight excluding hydrogens is 552 g/mol. The predicted molar refractivity (Wildman–Crippen MR) is 150 cm³/mol. The van der Waals surface area contributed by atoms with Gasteiger partial charge in [0.15, 0.2) is 23.3 Å². The van der Waals surface area contributed by atoms with Crippen LogP contribution in [0, 0.1) is 17.5 Å². The van der Waals surface area contributed by atoms with Gasteiger partial charge in [-0.15, -0.1) is 0 Å². The van der Waals surface area contributed by atoms with Crippen molar-refractivity contribution in [1.29, 1.82) is 0 Å². The third-order valence-corrected chi connectivity index (χ3v) is 8.74. The Bertz CT molecular complexity index is 1680. The normalized spacial score (nSPS) is 23.0. The number of pyridine rings is 1. The number of phenols is 1. The number of benzene rings is 2. The summed E-state index contributed by atoms with van der Waals surface area (Å²) >= 11 is 0. The number of hydrogen-bond donors (Lipinski definition) is 2. The maximum atomic E-state index is 16.5. The lowest BCUT2D eigenvalue weighted by molar-refractivity contribution is 0.107. The van der Waals surface area contributed by atoms with Crippen molar-refractivity contribution in [2.75, 3.05) is 37.8 Å². The molecule has 3 aliphatic heterocycles. The van der Waals surface area contributed by atoms with E-state index < -0.39 is 29.2 Å². The van der Waals surface area contributed by atoms with Gasteiger partial charge in [0, 0.05) is 43.2 Å². The molecule has 7 rings (SSSR count). The number of ether oxygens (including phenoxy) is 1. The summed E-state index contributed by atoms with van der Waals surface area (Å²) < 4.78 is 66.2. The standard InChI is InChI=1S/C30H30F4N6O2/c31-18-13-30(7-4-9-39(30)15-18)16-42-29-37-27-21(28(38-29)40-10-3-1-2-8-36-40)14-35-26(25(27)34)20-12-19(41)11-17-5-6-22(32)24(33)23(17)20/h5-6,11-12,14,18,36,41H,1-4,7-10,13,15-16H2/t18-,30+/m1/s1. The van der Waals surface area contributed by atoms with Crippen molar-refractivity contribution in [1.82, 2.24) is 25.3 Å². The van der Waals surface area contributed by atoms with E-state index in [1.807, 2.05) is 5.01 Å². The van der Waals surface area contributed by atoms with Crippen LogP contribution < -0.4 is 15.2 Å². The first kappa shape index (κ1) is 27.1. The zero-order valence-corrected chi connectivity index (χ0v) is 22.8. The molecule has 0 spiro atoms. The Hall–Kier alpha value is -3.77. The highest BCUT2D eigenvalue weighted by Gasteiger charge is 2.49. The van der Waals surface area contributed by atoms with E-state index >= 15 is 8.78 Å². The molecule has 3 saturated heterocycles. The number of alkyl halides is 1. The highest BCUT2D eigenvalue weighted by Crippen LogP contribution is 2.41. The van der Waals surface area contributed by atoms with Crippen molar-refractivity contribution >= 4 is 27.5 Å². The fourth-order valence-corrected chi connectivity index (χ4v) is 6.74. The van der Waals surface area contributed by atoms with Crippen LogP contribution in [0.3, 0.4) is 0 Å². The van der Waals surface area contributed by atoms with Gasteiger partial charge >= 0.3 is 6.01 Å². The molecule has 0 radical (unpaired) electrons. The molecule has 2 N–H and O–H groups in total. The molecule has 0 amide bonds. The Balaban J connectivity index is 1.37. The molecule has 42 heavy (non-hydrogen) atoms. The van der Waals surface area contributed by atoms with Crippen LogP contribution in [-0.4, -0.2) is 69.5 Å². The smallest absolute Gasteiger partial charge is 0.319 e. The number of hydrogen-bond acceptors (Lipinski definition) is 8. The van der Waals surface area contributed by atoms with E-state index in [4.69, 9.17) is 4.74 Å². The maximum Gasteiger partial charge on any atom is 0.319 e. The lowest BCUT2D eigenvalue weighted by atomic mass is 9.95. The van der Waals surface area contributed by atoms with Gasteiger partial charge in [-0.2, -0.15) is 9.97 Å². The van der Waals surface area contributed by atoms with Crippen molar-refractivity contribution < 1.29 is 27.4 Å². The average Bonchev–Trinajstić information content (AvgIpc) is 3.35. The second kappa shape index (κ2) is 10.5. The Morgan fingerprint density at radius 1 is 1.05 bits per heavy atom. The molecule has 0 aliphatic carbocycles. The first-order valence-corrected chi connectivity index (χ1v) is 14.3. The summed E-state index contributed by atoms with van der Waals surface area (Å²) in [7, 11) is 0. The molecule has 220 valence electrons. The monoisotopic (exact) mass is 582 g/mol. The largest absolute Gasteiger partial charge is 0.508 e. The summed E-state index contributed by atoms with van der Waals surface area (Å²) in [6.07, 6.45) is 5.42.